The van der Waals surface area contributed by atoms with Crippen LogP contribution in [0, 0.1) is 0 Å². The van der Waals surface area contributed by atoms with Gasteiger partial charge in [0, 0.05) is 18.6 Å². The molecule has 0 bridgehead atoms. The number of benzene rings is 1. The number of hydrogen-bond acceptors (Lipinski definition) is 2. The van der Waals surface area contributed by atoms with E-state index in [1.807, 2.05) is 0 Å². The summed E-state index contributed by atoms with van der Waals surface area (Å²) in [5.74, 6) is 0.769. The Kier molecular flexibility index (Phi) is 4.53. The van der Waals surface area contributed by atoms with Crippen LogP contribution in [-0.4, -0.2) is 28.9 Å². The lowest BCUT2D eigenvalue weighted by molar-refractivity contribution is -0.126. The zero-order valence-electron chi connectivity index (χ0n) is 14.0. The van der Waals surface area contributed by atoms with E-state index in [0.29, 0.717) is 18.0 Å². The lowest BCUT2D eigenvalue weighted by atomic mass is 10.0. The molecule has 3 rings (SSSR count). The molecule has 0 heterocycles. The van der Waals surface area contributed by atoms with Crippen LogP contribution in [0.5, 0.6) is 0 Å². The van der Waals surface area contributed by atoms with Crippen molar-refractivity contribution in [2.75, 3.05) is 0 Å². The number of hydrogen-bond donors (Lipinski definition) is 1. The van der Waals surface area contributed by atoms with Gasteiger partial charge in [0.25, 0.3) is 0 Å². The normalized spacial score (nSPS) is 19.5. The number of carbonyl (C=O) groups excluding carboxylic acids is 1. The van der Waals surface area contributed by atoms with Gasteiger partial charge in [0.2, 0.25) is 5.91 Å². The highest BCUT2D eigenvalue weighted by molar-refractivity contribution is 5.82. The highest BCUT2D eigenvalue weighted by Crippen LogP contribution is 2.31. The van der Waals surface area contributed by atoms with Crippen molar-refractivity contribution >= 4 is 5.91 Å². The molecular formula is C19H28N2O. The highest BCUT2D eigenvalue weighted by Gasteiger charge is 2.36. The van der Waals surface area contributed by atoms with Crippen molar-refractivity contribution in [3.63, 3.8) is 0 Å². The summed E-state index contributed by atoms with van der Waals surface area (Å²) in [5, 5.41) is 3.15. The number of rotatable bonds is 7. The van der Waals surface area contributed by atoms with E-state index in [0.717, 1.165) is 19.4 Å². The van der Waals surface area contributed by atoms with Gasteiger partial charge >= 0.3 is 0 Å². The second-order valence-electron chi connectivity index (χ2n) is 7.26. The van der Waals surface area contributed by atoms with Gasteiger partial charge in [-0.2, -0.15) is 0 Å². The second kappa shape index (κ2) is 6.41. The first kappa shape index (κ1) is 15.5. The van der Waals surface area contributed by atoms with Crippen LogP contribution < -0.4 is 5.32 Å². The van der Waals surface area contributed by atoms with Crippen molar-refractivity contribution in [3.05, 3.63) is 35.4 Å². The largest absolute Gasteiger partial charge is 0.352 e. The predicted octanol–water partition coefficient (Wildman–Crippen LogP) is 3.44. The van der Waals surface area contributed by atoms with Crippen LogP contribution in [0.25, 0.3) is 0 Å². The van der Waals surface area contributed by atoms with Crippen LogP contribution in [0.4, 0.5) is 0 Å². The molecule has 1 amide bonds. The highest BCUT2D eigenvalue weighted by atomic mass is 16.2. The van der Waals surface area contributed by atoms with Crippen molar-refractivity contribution in [1.29, 1.82) is 0 Å². The van der Waals surface area contributed by atoms with E-state index in [1.165, 1.54) is 24.0 Å². The summed E-state index contributed by atoms with van der Waals surface area (Å²) in [6.45, 7) is 7.37. The van der Waals surface area contributed by atoms with Gasteiger partial charge in [-0.25, -0.2) is 0 Å². The van der Waals surface area contributed by atoms with Crippen molar-refractivity contribution in [1.82, 2.24) is 10.2 Å². The van der Waals surface area contributed by atoms with Crippen LogP contribution in [0.2, 0.25) is 0 Å². The van der Waals surface area contributed by atoms with Gasteiger partial charge in [-0.15, -0.1) is 0 Å². The third-order valence-electron chi connectivity index (χ3n) is 4.83. The first-order chi connectivity index (χ1) is 10.5. The molecule has 0 saturated heterocycles. The molecular weight excluding hydrogens is 272 g/mol. The number of carbonyl (C=O) groups is 1. The standard InChI is InChI=1S/C19H28N2O/c1-13(2)16-6-4-15(5-7-16)12-21(18-10-11-18)14(3)19(22)20-17-8-9-17/h4-7,13-14,17-18H,8-12H2,1-3H3,(H,20,22)/t14-/m0/s1. The number of amides is 1. The maximum Gasteiger partial charge on any atom is 0.237 e. The lowest BCUT2D eigenvalue weighted by Gasteiger charge is -2.28. The summed E-state index contributed by atoms with van der Waals surface area (Å²) in [6.07, 6.45) is 4.76. The zero-order chi connectivity index (χ0) is 15.7. The molecule has 1 aromatic rings. The van der Waals surface area contributed by atoms with Crippen molar-refractivity contribution in [2.45, 2.75) is 77.0 Å². The monoisotopic (exact) mass is 300 g/mol. The molecule has 1 aromatic carbocycles. The third kappa shape index (κ3) is 3.89. The molecule has 0 unspecified atom stereocenters. The van der Waals surface area contributed by atoms with Gasteiger partial charge in [0.15, 0.2) is 0 Å². The molecule has 2 fully saturated rings. The molecule has 3 heteroatoms. The molecule has 2 aliphatic rings. The van der Waals surface area contributed by atoms with Gasteiger partial charge in [-0.3, -0.25) is 9.69 Å². The Bertz CT molecular complexity index is 515. The number of nitrogens with one attached hydrogen (secondary N) is 1. The minimum Gasteiger partial charge on any atom is -0.352 e. The van der Waals surface area contributed by atoms with Crippen LogP contribution in [-0.2, 0) is 11.3 Å². The van der Waals surface area contributed by atoms with Gasteiger partial charge in [0.1, 0.15) is 0 Å². The van der Waals surface area contributed by atoms with E-state index in [4.69, 9.17) is 0 Å². The first-order valence-corrected chi connectivity index (χ1v) is 8.69. The van der Waals surface area contributed by atoms with Gasteiger partial charge in [-0.1, -0.05) is 38.1 Å². The molecule has 120 valence electrons. The Hall–Kier alpha value is -1.35. The van der Waals surface area contributed by atoms with Crippen molar-refractivity contribution < 1.29 is 4.79 Å². The Labute approximate surface area is 134 Å². The maximum absolute atomic E-state index is 12.3. The molecule has 0 spiro atoms. The fourth-order valence-electron chi connectivity index (χ4n) is 2.91. The quantitative estimate of drug-likeness (QED) is 0.836. The molecule has 1 atom stereocenters. The van der Waals surface area contributed by atoms with E-state index >= 15 is 0 Å². The minimum absolute atomic E-state index is 0.0297. The van der Waals surface area contributed by atoms with Gasteiger partial charge < -0.3 is 5.32 Å². The van der Waals surface area contributed by atoms with Gasteiger partial charge in [0.05, 0.1) is 6.04 Å². The molecule has 0 aliphatic heterocycles. The smallest absolute Gasteiger partial charge is 0.237 e. The number of nitrogens with zero attached hydrogens (tertiary/aromatic N) is 1. The van der Waals surface area contributed by atoms with E-state index < -0.39 is 0 Å². The van der Waals surface area contributed by atoms with Crippen molar-refractivity contribution in [3.8, 4) is 0 Å². The third-order valence-corrected chi connectivity index (χ3v) is 4.83. The maximum atomic E-state index is 12.3. The average molecular weight is 300 g/mol. The summed E-state index contributed by atoms with van der Waals surface area (Å²) in [5.41, 5.74) is 2.68. The van der Waals surface area contributed by atoms with Gasteiger partial charge in [-0.05, 0) is 49.7 Å². The molecule has 22 heavy (non-hydrogen) atoms. The Balaban J connectivity index is 1.64. The molecule has 0 aromatic heterocycles. The van der Waals surface area contributed by atoms with Crippen LogP contribution in [0.1, 0.15) is 63.5 Å². The first-order valence-electron chi connectivity index (χ1n) is 8.69. The Morgan fingerprint density at radius 3 is 2.27 bits per heavy atom. The average Bonchev–Trinajstić information content (AvgIpc) is 3.37. The lowest BCUT2D eigenvalue weighted by Crippen LogP contribution is -2.46. The van der Waals surface area contributed by atoms with E-state index in [1.54, 1.807) is 0 Å². The van der Waals surface area contributed by atoms with E-state index in [2.05, 4.69) is 55.3 Å². The molecule has 0 radical (unpaired) electrons. The van der Waals surface area contributed by atoms with Crippen LogP contribution >= 0.6 is 0 Å². The van der Waals surface area contributed by atoms with E-state index in [-0.39, 0.29) is 11.9 Å². The Morgan fingerprint density at radius 2 is 1.77 bits per heavy atom. The zero-order valence-corrected chi connectivity index (χ0v) is 14.0. The van der Waals surface area contributed by atoms with E-state index in [9.17, 15) is 4.79 Å². The second-order valence-corrected chi connectivity index (χ2v) is 7.26. The summed E-state index contributed by atoms with van der Waals surface area (Å²) in [7, 11) is 0. The minimum atomic E-state index is -0.0297. The summed E-state index contributed by atoms with van der Waals surface area (Å²) in [6, 6.07) is 9.89. The van der Waals surface area contributed by atoms with Crippen molar-refractivity contribution in [2.24, 2.45) is 0 Å². The van der Waals surface area contributed by atoms with Crippen LogP contribution in [0.3, 0.4) is 0 Å². The Morgan fingerprint density at radius 1 is 1.14 bits per heavy atom. The molecule has 1 N–H and O–H groups in total. The molecule has 3 nitrogen and oxygen atoms in total. The topological polar surface area (TPSA) is 32.3 Å². The molecule has 2 saturated carbocycles. The fourth-order valence-corrected chi connectivity index (χ4v) is 2.91. The summed E-state index contributed by atoms with van der Waals surface area (Å²) < 4.78 is 0. The predicted molar refractivity (Wildman–Crippen MR) is 89.7 cm³/mol. The molecule has 2 aliphatic carbocycles. The SMILES string of the molecule is CC(C)c1ccc(CN(C2CC2)[C@@H](C)C(=O)NC2CC2)cc1. The van der Waals surface area contributed by atoms with Crippen LogP contribution in [0.15, 0.2) is 24.3 Å². The summed E-state index contributed by atoms with van der Waals surface area (Å²) >= 11 is 0. The fraction of sp³-hybridized carbons (Fsp3) is 0.632. The summed E-state index contributed by atoms with van der Waals surface area (Å²) in [4.78, 5) is 14.7.